The van der Waals surface area contributed by atoms with E-state index in [1.54, 1.807) is 14.2 Å². The van der Waals surface area contributed by atoms with E-state index in [4.69, 9.17) is 9.47 Å². The minimum Gasteiger partial charge on any atom is -0.497 e. The Kier molecular flexibility index (Phi) is 5.41. The van der Waals surface area contributed by atoms with Gasteiger partial charge in [0.25, 0.3) is 0 Å². The van der Waals surface area contributed by atoms with E-state index in [-0.39, 0.29) is 29.9 Å². The second kappa shape index (κ2) is 7.53. The van der Waals surface area contributed by atoms with Crippen molar-refractivity contribution in [2.24, 2.45) is 5.92 Å². The Bertz CT molecular complexity index is 576. The number of carbonyl (C=O) groups is 1. The van der Waals surface area contributed by atoms with Crippen molar-refractivity contribution in [2.45, 2.75) is 43.7 Å². The zero-order chi connectivity index (χ0) is 17.1. The molecule has 1 aliphatic heterocycles. The number of amides is 1. The number of piperidine rings is 1. The molecular formula is C19H27NO4. The van der Waals surface area contributed by atoms with Crippen molar-refractivity contribution in [3.63, 3.8) is 0 Å². The normalized spacial score (nSPS) is 30.1. The summed E-state index contributed by atoms with van der Waals surface area (Å²) in [5.74, 6) is 1.09. The van der Waals surface area contributed by atoms with Crippen LogP contribution < -0.4 is 4.74 Å². The van der Waals surface area contributed by atoms with Crippen molar-refractivity contribution >= 4 is 5.91 Å². The molecule has 3 rings (SSSR count). The molecule has 0 bridgehead atoms. The molecule has 0 radical (unpaired) electrons. The average molecular weight is 333 g/mol. The second-order valence-electron chi connectivity index (χ2n) is 6.81. The fourth-order valence-electron chi connectivity index (χ4n) is 4.40. The summed E-state index contributed by atoms with van der Waals surface area (Å²) >= 11 is 0. The first-order valence-corrected chi connectivity index (χ1v) is 8.76. The molecule has 4 atom stereocenters. The van der Waals surface area contributed by atoms with Gasteiger partial charge in [0, 0.05) is 32.0 Å². The Morgan fingerprint density at radius 3 is 2.88 bits per heavy atom. The van der Waals surface area contributed by atoms with E-state index < -0.39 is 0 Å². The molecule has 1 aromatic carbocycles. The number of nitrogens with zero attached hydrogens (tertiary/aromatic N) is 1. The Morgan fingerprint density at radius 2 is 2.12 bits per heavy atom. The van der Waals surface area contributed by atoms with Crippen molar-refractivity contribution in [1.29, 1.82) is 0 Å². The maximum Gasteiger partial charge on any atom is 0.223 e. The summed E-state index contributed by atoms with van der Waals surface area (Å²) in [6.07, 6.45) is 2.81. The zero-order valence-corrected chi connectivity index (χ0v) is 14.5. The average Bonchev–Trinajstić information content (AvgIpc) is 2.60. The van der Waals surface area contributed by atoms with E-state index in [0.717, 1.165) is 30.6 Å². The third-order valence-corrected chi connectivity index (χ3v) is 5.53. The number of benzene rings is 1. The maximum absolute atomic E-state index is 12.8. The van der Waals surface area contributed by atoms with Crippen molar-refractivity contribution in [3.8, 4) is 5.75 Å². The second-order valence-corrected chi connectivity index (χ2v) is 6.81. The Hall–Kier alpha value is -1.59. The van der Waals surface area contributed by atoms with Crippen LogP contribution in [-0.4, -0.2) is 55.4 Å². The molecule has 2 aliphatic rings. The van der Waals surface area contributed by atoms with E-state index in [0.29, 0.717) is 19.6 Å². The van der Waals surface area contributed by atoms with E-state index >= 15 is 0 Å². The Morgan fingerprint density at radius 1 is 1.29 bits per heavy atom. The van der Waals surface area contributed by atoms with Crippen LogP contribution in [-0.2, 0) is 9.53 Å². The third kappa shape index (κ3) is 3.28. The van der Waals surface area contributed by atoms with Crippen LogP contribution in [0.2, 0.25) is 0 Å². The van der Waals surface area contributed by atoms with Crippen LogP contribution in [0.25, 0.3) is 0 Å². The van der Waals surface area contributed by atoms with Gasteiger partial charge in [-0.3, -0.25) is 4.79 Å². The van der Waals surface area contributed by atoms with Crippen LogP contribution in [0.3, 0.4) is 0 Å². The number of aliphatic hydroxyl groups is 1. The SMILES string of the molecule is COCCN1C(=O)C[C@H](c2cccc(OC)c2)[C@@H]2[C@H]1CCC[C@@H]2O. The monoisotopic (exact) mass is 333 g/mol. The van der Waals surface area contributed by atoms with Gasteiger partial charge in [-0.05, 0) is 42.9 Å². The van der Waals surface area contributed by atoms with E-state index in [1.807, 2.05) is 29.2 Å². The number of ether oxygens (including phenoxy) is 2. The number of rotatable bonds is 5. The maximum atomic E-state index is 12.8. The highest BCUT2D eigenvalue weighted by Crippen LogP contribution is 2.45. The number of aliphatic hydroxyl groups excluding tert-OH is 1. The molecule has 1 aliphatic carbocycles. The van der Waals surface area contributed by atoms with Crippen molar-refractivity contribution in [3.05, 3.63) is 29.8 Å². The molecule has 1 N–H and O–H groups in total. The van der Waals surface area contributed by atoms with Gasteiger partial charge in [-0.1, -0.05) is 12.1 Å². The number of carbonyl (C=O) groups excluding carboxylic acids is 1. The molecular weight excluding hydrogens is 306 g/mol. The molecule has 0 spiro atoms. The predicted octanol–water partition coefficient (Wildman–Crippen LogP) is 2.19. The molecule has 5 nitrogen and oxygen atoms in total. The number of fused-ring (bicyclic) bond motifs is 1. The summed E-state index contributed by atoms with van der Waals surface area (Å²) in [6, 6.07) is 8.01. The number of hydrogen-bond acceptors (Lipinski definition) is 4. The van der Waals surface area contributed by atoms with E-state index in [2.05, 4.69) is 0 Å². The molecule has 132 valence electrons. The molecule has 2 fully saturated rings. The molecule has 1 amide bonds. The highest BCUT2D eigenvalue weighted by Gasteiger charge is 2.47. The van der Waals surface area contributed by atoms with E-state index in [9.17, 15) is 9.90 Å². The molecule has 1 saturated carbocycles. The summed E-state index contributed by atoms with van der Waals surface area (Å²) in [7, 11) is 3.30. The number of methoxy groups -OCH3 is 2. The van der Waals surface area contributed by atoms with Gasteiger partial charge < -0.3 is 19.5 Å². The molecule has 24 heavy (non-hydrogen) atoms. The fourth-order valence-corrected chi connectivity index (χ4v) is 4.40. The van der Waals surface area contributed by atoms with Gasteiger partial charge in [0.05, 0.1) is 19.8 Å². The first kappa shape index (κ1) is 17.2. The molecule has 0 unspecified atom stereocenters. The van der Waals surface area contributed by atoms with Crippen molar-refractivity contribution in [1.82, 2.24) is 4.90 Å². The molecule has 1 saturated heterocycles. The quantitative estimate of drug-likeness (QED) is 0.897. The first-order valence-electron chi connectivity index (χ1n) is 8.76. The topological polar surface area (TPSA) is 59.0 Å². The molecule has 1 aromatic rings. The Labute approximate surface area is 143 Å². The van der Waals surface area contributed by atoms with Crippen molar-refractivity contribution < 1.29 is 19.4 Å². The molecule has 1 heterocycles. The lowest BCUT2D eigenvalue weighted by molar-refractivity contribution is -0.146. The van der Waals surface area contributed by atoms with Gasteiger partial charge in [0.1, 0.15) is 5.75 Å². The highest BCUT2D eigenvalue weighted by atomic mass is 16.5. The minimum absolute atomic E-state index is 0.0479. The molecule has 5 heteroatoms. The molecule has 0 aromatic heterocycles. The van der Waals surface area contributed by atoms with Crippen LogP contribution >= 0.6 is 0 Å². The lowest BCUT2D eigenvalue weighted by atomic mass is 9.67. The van der Waals surface area contributed by atoms with Crippen LogP contribution in [0, 0.1) is 5.92 Å². The van der Waals surface area contributed by atoms with E-state index in [1.165, 1.54) is 0 Å². The predicted molar refractivity (Wildman–Crippen MR) is 91.1 cm³/mol. The van der Waals surface area contributed by atoms with Gasteiger partial charge in [0.15, 0.2) is 0 Å². The van der Waals surface area contributed by atoms with Gasteiger partial charge in [-0.15, -0.1) is 0 Å². The van der Waals surface area contributed by atoms with Crippen LogP contribution in [0.5, 0.6) is 5.75 Å². The van der Waals surface area contributed by atoms with Crippen molar-refractivity contribution in [2.75, 3.05) is 27.4 Å². The van der Waals surface area contributed by atoms with Gasteiger partial charge in [0.2, 0.25) is 5.91 Å². The lowest BCUT2D eigenvalue weighted by Gasteiger charge is -2.49. The summed E-state index contributed by atoms with van der Waals surface area (Å²) in [4.78, 5) is 14.7. The zero-order valence-electron chi connectivity index (χ0n) is 14.5. The lowest BCUT2D eigenvalue weighted by Crippen LogP contribution is -2.57. The number of hydrogen-bond donors (Lipinski definition) is 1. The largest absolute Gasteiger partial charge is 0.497 e. The number of likely N-dealkylation sites (tertiary alicyclic amines) is 1. The summed E-state index contributed by atoms with van der Waals surface area (Å²) in [5, 5.41) is 10.7. The summed E-state index contributed by atoms with van der Waals surface area (Å²) in [5.41, 5.74) is 1.09. The van der Waals surface area contributed by atoms with Gasteiger partial charge >= 0.3 is 0 Å². The van der Waals surface area contributed by atoms with Gasteiger partial charge in [-0.2, -0.15) is 0 Å². The minimum atomic E-state index is -0.363. The first-order chi connectivity index (χ1) is 11.7. The Balaban J connectivity index is 1.91. The highest BCUT2D eigenvalue weighted by molar-refractivity contribution is 5.79. The van der Waals surface area contributed by atoms with Crippen LogP contribution in [0.4, 0.5) is 0 Å². The third-order valence-electron chi connectivity index (χ3n) is 5.53. The van der Waals surface area contributed by atoms with Crippen LogP contribution in [0.1, 0.15) is 37.2 Å². The fraction of sp³-hybridized carbons (Fsp3) is 0.632. The smallest absolute Gasteiger partial charge is 0.223 e. The standard InChI is InChI=1S/C19H27NO4/c1-23-10-9-20-16-7-4-8-17(21)19(16)15(12-18(20)22)13-5-3-6-14(11-13)24-2/h3,5-6,11,15-17,19,21H,4,7-10,12H2,1-2H3/t15-,16-,17+,19-/m1/s1. The summed E-state index contributed by atoms with van der Waals surface area (Å²) < 4.78 is 10.5. The van der Waals surface area contributed by atoms with Crippen LogP contribution in [0.15, 0.2) is 24.3 Å². The van der Waals surface area contributed by atoms with Gasteiger partial charge in [-0.25, -0.2) is 0 Å². The summed E-state index contributed by atoms with van der Waals surface area (Å²) in [6.45, 7) is 1.14.